The predicted molar refractivity (Wildman–Crippen MR) is 166 cm³/mol. The van der Waals surface area contributed by atoms with Crippen LogP contribution in [0.25, 0.3) is 27.5 Å². The van der Waals surface area contributed by atoms with Gasteiger partial charge in [0.25, 0.3) is 0 Å². The summed E-state index contributed by atoms with van der Waals surface area (Å²) >= 11 is 0. The molecule has 1 N–H and O–H groups in total. The number of hydrogen-bond donors (Lipinski definition) is 1. The number of rotatable bonds is 8. The highest BCUT2D eigenvalue weighted by Crippen LogP contribution is 2.40. The fraction of sp³-hybridized carbons (Fsp3) is 0.189. The molecule has 0 unspecified atom stereocenters. The van der Waals surface area contributed by atoms with Crippen molar-refractivity contribution in [3.63, 3.8) is 0 Å². The van der Waals surface area contributed by atoms with E-state index in [2.05, 4.69) is 5.32 Å². The van der Waals surface area contributed by atoms with E-state index < -0.39 is 23.5 Å². The van der Waals surface area contributed by atoms with Crippen LogP contribution in [0.3, 0.4) is 0 Å². The molecule has 0 atom stereocenters. The molecule has 1 aliphatic heterocycles. The molecule has 0 aromatic heterocycles. The Morgan fingerprint density at radius 2 is 1.13 bits per heavy atom. The average Bonchev–Trinajstić information content (AvgIpc) is 3.06. The van der Waals surface area contributed by atoms with Gasteiger partial charge in [-0.2, -0.15) is 26.3 Å². The number of nitrogens with one attached hydrogen (secondary N) is 1. The second-order valence-electron chi connectivity index (χ2n) is 10.9. The van der Waals surface area contributed by atoms with Crippen LogP contribution in [0.4, 0.5) is 26.3 Å². The van der Waals surface area contributed by atoms with Gasteiger partial charge in [0.1, 0.15) is 24.7 Å². The van der Waals surface area contributed by atoms with Gasteiger partial charge in [-0.3, -0.25) is 0 Å². The van der Waals surface area contributed by atoms with Crippen LogP contribution in [0.1, 0.15) is 34.2 Å². The van der Waals surface area contributed by atoms with E-state index in [1.165, 1.54) is 36.4 Å². The van der Waals surface area contributed by atoms with Crippen molar-refractivity contribution in [3.05, 3.63) is 137 Å². The van der Waals surface area contributed by atoms with Gasteiger partial charge >= 0.3 is 12.4 Å². The summed E-state index contributed by atoms with van der Waals surface area (Å²) in [6.45, 7) is 0.951. The first kappa shape index (κ1) is 31.2. The van der Waals surface area contributed by atoms with Crippen molar-refractivity contribution in [2.45, 2.75) is 32.0 Å². The van der Waals surface area contributed by atoms with Gasteiger partial charge in [-0.15, -0.1) is 0 Å². The van der Waals surface area contributed by atoms with E-state index in [4.69, 9.17) is 9.47 Å². The molecule has 46 heavy (non-hydrogen) atoms. The number of fused-ring (bicyclic) bond motifs is 1. The molecular formula is C37H29F6NO2. The largest absolute Gasteiger partial charge is 0.488 e. The molecule has 0 bridgehead atoms. The van der Waals surface area contributed by atoms with Gasteiger partial charge in [0.05, 0.1) is 11.1 Å². The van der Waals surface area contributed by atoms with Gasteiger partial charge in [0, 0.05) is 6.54 Å². The Bertz CT molecular complexity index is 1890. The van der Waals surface area contributed by atoms with Crippen LogP contribution in [0, 0.1) is 0 Å². The lowest BCUT2D eigenvalue weighted by Crippen LogP contribution is -2.20. The van der Waals surface area contributed by atoms with Crippen molar-refractivity contribution < 1.29 is 35.8 Å². The van der Waals surface area contributed by atoms with Gasteiger partial charge in [-0.1, -0.05) is 72.8 Å². The van der Waals surface area contributed by atoms with E-state index in [1.54, 1.807) is 0 Å². The summed E-state index contributed by atoms with van der Waals surface area (Å²) in [6.07, 6.45) is -6.54. The van der Waals surface area contributed by atoms with Gasteiger partial charge in [0.15, 0.2) is 0 Å². The minimum Gasteiger partial charge on any atom is -0.488 e. The number of alkyl halides is 6. The van der Waals surface area contributed by atoms with E-state index in [9.17, 15) is 26.3 Å². The zero-order valence-corrected chi connectivity index (χ0v) is 24.5. The lowest BCUT2D eigenvalue weighted by atomic mass is 9.87. The summed E-state index contributed by atoms with van der Waals surface area (Å²) in [7, 11) is 0. The van der Waals surface area contributed by atoms with Crippen LogP contribution in [-0.2, 0) is 25.6 Å². The molecule has 0 amide bonds. The highest BCUT2D eigenvalue weighted by molar-refractivity contribution is 5.97. The topological polar surface area (TPSA) is 30.5 Å². The van der Waals surface area contributed by atoms with Crippen molar-refractivity contribution in [2.24, 2.45) is 0 Å². The second kappa shape index (κ2) is 12.9. The van der Waals surface area contributed by atoms with E-state index in [0.717, 1.165) is 39.6 Å². The summed E-state index contributed by atoms with van der Waals surface area (Å²) in [5, 5.41) is 5.12. The van der Waals surface area contributed by atoms with E-state index in [0.29, 0.717) is 36.2 Å². The zero-order valence-electron chi connectivity index (χ0n) is 24.5. The van der Waals surface area contributed by atoms with Crippen molar-refractivity contribution >= 4 is 16.3 Å². The summed E-state index contributed by atoms with van der Waals surface area (Å²) in [5.41, 5.74) is 2.72. The number of hydrogen-bond acceptors (Lipinski definition) is 3. The molecule has 0 saturated heterocycles. The van der Waals surface area contributed by atoms with Crippen molar-refractivity contribution in [1.29, 1.82) is 0 Å². The minimum atomic E-state index is -4.60. The molecule has 0 radical (unpaired) electrons. The minimum absolute atomic E-state index is 0.164. The van der Waals surface area contributed by atoms with Crippen molar-refractivity contribution in [1.82, 2.24) is 5.32 Å². The predicted octanol–water partition coefficient (Wildman–Crippen LogP) is 10.1. The smallest absolute Gasteiger partial charge is 0.419 e. The van der Waals surface area contributed by atoms with E-state index >= 15 is 0 Å². The maximum absolute atomic E-state index is 13.8. The van der Waals surface area contributed by atoms with E-state index in [-0.39, 0.29) is 24.7 Å². The Labute approximate surface area is 262 Å². The molecule has 3 nitrogen and oxygen atoms in total. The summed E-state index contributed by atoms with van der Waals surface area (Å²) in [6, 6.07) is 27.4. The Hall–Kier alpha value is -4.76. The Kier molecular flexibility index (Phi) is 8.77. The maximum Gasteiger partial charge on any atom is 0.419 e. The van der Waals surface area contributed by atoms with Crippen molar-refractivity contribution in [3.8, 4) is 22.6 Å². The van der Waals surface area contributed by atoms with Gasteiger partial charge < -0.3 is 14.8 Å². The number of para-hydroxylation sites is 2. The maximum atomic E-state index is 13.8. The molecule has 0 spiro atoms. The third-order valence-corrected chi connectivity index (χ3v) is 7.97. The lowest BCUT2D eigenvalue weighted by molar-refractivity contribution is -0.139. The summed E-state index contributed by atoms with van der Waals surface area (Å²) in [4.78, 5) is 0. The number of benzene rings is 5. The molecule has 5 aromatic rings. The number of ether oxygens (including phenoxy) is 2. The normalized spacial score (nSPS) is 13.8. The molecule has 0 fully saturated rings. The first-order valence-corrected chi connectivity index (χ1v) is 14.7. The second-order valence-corrected chi connectivity index (χ2v) is 10.9. The third-order valence-electron chi connectivity index (χ3n) is 7.97. The van der Waals surface area contributed by atoms with Crippen LogP contribution >= 0.6 is 0 Å². The first-order valence-electron chi connectivity index (χ1n) is 14.7. The highest BCUT2D eigenvalue weighted by Gasteiger charge is 2.35. The Morgan fingerprint density at radius 3 is 1.74 bits per heavy atom. The Balaban J connectivity index is 1.49. The molecule has 0 aliphatic carbocycles. The Morgan fingerprint density at radius 1 is 0.587 bits per heavy atom. The zero-order chi connectivity index (χ0) is 32.3. The van der Waals surface area contributed by atoms with Gasteiger partial charge in [0.2, 0.25) is 0 Å². The van der Waals surface area contributed by atoms with Gasteiger partial charge in [-0.05, 0) is 93.5 Å². The summed E-state index contributed by atoms with van der Waals surface area (Å²) < 4.78 is 94.5. The number of halogens is 6. The first-order chi connectivity index (χ1) is 22.1. The van der Waals surface area contributed by atoms with Crippen LogP contribution in [0.15, 0.2) is 109 Å². The molecule has 0 saturated carbocycles. The quantitative estimate of drug-likeness (QED) is 0.173. The molecule has 9 heteroatoms. The molecule has 236 valence electrons. The molecular weight excluding hydrogens is 604 g/mol. The third kappa shape index (κ3) is 6.74. The fourth-order valence-corrected chi connectivity index (χ4v) is 5.77. The standard InChI is InChI=1S/C37H29F6NO2/c38-36(39,40)32-12-3-5-14-34(32)45-22-26-21-31(29-11-7-9-24-8-1-2-10-28(24)29)27(20-30(26)25-16-18-44-19-17-25)23-46-35-15-6-4-13-33(35)37(41,42)43/h1-16,20-21,44H,17-19,22-23H2. The van der Waals surface area contributed by atoms with Crippen LogP contribution in [-0.4, -0.2) is 13.1 Å². The molecule has 6 rings (SSSR count). The lowest BCUT2D eigenvalue weighted by Gasteiger charge is -2.23. The monoisotopic (exact) mass is 633 g/mol. The van der Waals surface area contributed by atoms with Gasteiger partial charge in [-0.25, -0.2) is 0 Å². The average molecular weight is 634 g/mol. The molecule has 5 aromatic carbocycles. The van der Waals surface area contributed by atoms with E-state index in [1.807, 2.05) is 60.7 Å². The molecule has 1 aliphatic rings. The SMILES string of the molecule is FC(F)(F)c1ccccc1OCc1cc(-c2cccc3ccccc23)c(COc2ccccc2C(F)(F)F)cc1C1=CCNCC1. The van der Waals surface area contributed by atoms with Crippen molar-refractivity contribution in [2.75, 3.05) is 13.1 Å². The van der Waals surface area contributed by atoms with Crippen LogP contribution in [0.2, 0.25) is 0 Å². The molecule has 1 heterocycles. The van der Waals surface area contributed by atoms with Crippen LogP contribution in [0.5, 0.6) is 11.5 Å². The summed E-state index contributed by atoms with van der Waals surface area (Å²) in [5.74, 6) is -0.583. The fourth-order valence-electron chi connectivity index (χ4n) is 5.77. The van der Waals surface area contributed by atoms with Crippen LogP contribution < -0.4 is 14.8 Å². The highest BCUT2D eigenvalue weighted by atomic mass is 19.4.